The van der Waals surface area contributed by atoms with E-state index >= 15 is 0 Å². The molecule has 1 aliphatic rings. The zero-order chi connectivity index (χ0) is 15.0. The van der Waals surface area contributed by atoms with Crippen LogP contribution in [0, 0.1) is 18.6 Å². The molecule has 3 rings (SSSR count). The number of aryl methyl sites for hydroxylation is 1. The SMILES string of the molecule is Cc1cc(CNC2CC2)ccc1-c1cc(F)c(F)cc1Cl. The Balaban J connectivity index is 1.89. The summed E-state index contributed by atoms with van der Waals surface area (Å²) in [6.07, 6.45) is 2.50. The number of rotatable bonds is 4. The lowest BCUT2D eigenvalue weighted by Crippen LogP contribution is -2.15. The van der Waals surface area contributed by atoms with E-state index in [0.29, 0.717) is 11.6 Å². The summed E-state index contributed by atoms with van der Waals surface area (Å²) in [7, 11) is 0. The predicted molar refractivity (Wildman–Crippen MR) is 81.4 cm³/mol. The van der Waals surface area contributed by atoms with E-state index in [4.69, 9.17) is 11.6 Å². The zero-order valence-electron chi connectivity index (χ0n) is 11.7. The molecule has 1 N–H and O–H groups in total. The summed E-state index contributed by atoms with van der Waals surface area (Å²) in [5.41, 5.74) is 3.53. The first kappa shape index (κ1) is 14.5. The first-order chi connectivity index (χ1) is 10.0. The molecule has 0 heterocycles. The number of benzene rings is 2. The third kappa shape index (κ3) is 3.25. The average molecular weight is 308 g/mol. The van der Waals surface area contributed by atoms with Crippen LogP contribution >= 0.6 is 11.6 Å². The van der Waals surface area contributed by atoms with E-state index < -0.39 is 11.6 Å². The quantitative estimate of drug-likeness (QED) is 0.797. The van der Waals surface area contributed by atoms with E-state index in [-0.39, 0.29) is 5.02 Å². The lowest BCUT2D eigenvalue weighted by molar-refractivity contribution is 0.509. The van der Waals surface area contributed by atoms with Crippen molar-refractivity contribution in [3.05, 3.63) is 58.1 Å². The molecular weight excluding hydrogens is 292 g/mol. The molecule has 21 heavy (non-hydrogen) atoms. The van der Waals surface area contributed by atoms with Crippen molar-refractivity contribution in [1.82, 2.24) is 5.32 Å². The van der Waals surface area contributed by atoms with Gasteiger partial charge >= 0.3 is 0 Å². The molecule has 2 aromatic carbocycles. The van der Waals surface area contributed by atoms with Gasteiger partial charge in [-0.05, 0) is 48.6 Å². The number of nitrogens with one attached hydrogen (secondary N) is 1. The van der Waals surface area contributed by atoms with E-state index in [2.05, 4.69) is 11.4 Å². The van der Waals surface area contributed by atoms with Crippen molar-refractivity contribution in [2.24, 2.45) is 0 Å². The number of halogens is 3. The van der Waals surface area contributed by atoms with Crippen LogP contribution in [0.4, 0.5) is 8.78 Å². The van der Waals surface area contributed by atoms with Gasteiger partial charge in [-0.1, -0.05) is 29.8 Å². The van der Waals surface area contributed by atoms with E-state index in [1.54, 1.807) is 0 Å². The minimum absolute atomic E-state index is 0.223. The van der Waals surface area contributed by atoms with Crippen LogP contribution < -0.4 is 5.32 Å². The Labute approximate surface area is 127 Å². The van der Waals surface area contributed by atoms with Crippen molar-refractivity contribution in [2.75, 3.05) is 0 Å². The summed E-state index contributed by atoms with van der Waals surface area (Å²) in [6, 6.07) is 8.80. The molecule has 1 aliphatic carbocycles. The lowest BCUT2D eigenvalue weighted by Gasteiger charge is -2.11. The van der Waals surface area contributed by atoms with E-state index in [1.165, 1.54) is 18.4 Å². The molecule has 0 saturated heterocycles. The molecule has 2 aromatic rings. The molecule has 0 bridgehead atoms. The number of hydrogen-bond donors (Lipinski definition) is 1. The van der Waals surface area contributed by atoms with Crippen LogP contribution in [-0.2, 0) is 6.54 Å². The maximum atomic E-state index is 13.4. The Morgan fingerprint density at radius 3 is 2.48 bits per heavy atom. The van der Waals surface area contributed by atoms with Crippen LogP contribution in [0.5, 0.6) is 0 Å². The van der Waals surface area contributed by atoms with Gasteiger partial charge in [0, 0.05) is 18.2 Å². The number of hydrogen-bond acceptors (Lipinski definition) is 1. The molecule has 0 amide bonds. The normalized spacial score (nSPS) is 14.5. The second-order valence-electron chi connectivity index (χ2n) is 5.55. The topological polar surface area (TPSA) is 12.0 Å². The first-order valence-electron chi connectivity index (χ1n) is 7.02. The zero-order valence-corrected chi connectivity index (χ0v) is 12.5. The molecule has 4 heteroatoms. The van der Waals surface area contributed by atoms with Gasteiger partial charge in [-0.15, -0.1) is 0 Å². The Bertz CT molecular complexity index is 681. The molecule has 1 fully saturated rings. The molecule has 0 atom stereocenters. The van der Waals surface area contributed by atoms with Gasteiger partial charge in [0.2, 0.25) is 0 Å². The van der Waals surface area contributed by atoms with Crippen molar-refractivity contribution >= 4 is 11.6 Å². The standard InChI is InChI=1S/C17H16ClF2N/c1-10-6-11(9-21-12-3-4-12)2-5-13(10)14-7-16(19)17(20)8-15(14)18/h2,5-8,12,21H,3-4,9H2,1H3. The van der Waals surface area contributed by atoms with Gasteiger partial charge in [-0.3, -0.25) is 0 Å². The summed E-state index contributed by atoms with van der Waals surface area (Å²) >= 11 is 6.04. The fraction of sp³-hybridized carbons (Fsp3) is 0.294. The summed E-state index contributed by atoms with van der Waals surface area (Å²) in [6.45, 7) is 2.78. The van der Waals surface area contributed by atoms with Gasteiger partial charge < -0.3 is 5.32 Å². The minimum Gasteiger partial charge on any atom is -0.310 e. The molecule has 0 spiro atoms. The smallest absolute Gasteiger partial charge is 0.160 e. The fourth-order valence-corrected chi connectivity index (χ4v) is 2.67. The lowest BCUT2D eigenvalue weighted by atomic mass is 9.98. The van der Waals surface area contributed by atoms with Crippen LogP contribution in [0.15, 0.2) is 30.3 Å². The van der Waals surface area contributed by atoms with Crippen LogP contribution in [0.1, 0.15) is 24.0 Å². The molecular formula is C17H16ClF2N. The van der Waals surface area contributed by atoms with E-state index in [1.807, 2.05) is 19.1 Å². The highest BCUT2D eigenvalue weighted by Gasteiger charge is 2.20. The second-order valence-corrected chi connectivity index (χ2v) is 5.96. The summed E-state index contributed by atoms with van der Waals surface area (Å²) in [5.74, 6) is -1.81. The largest absolute Gasteiger partial charge is 0.310 e. The average Bonchev–Trinajstić information content (AvgIpc) is 3.25. The Morgan fingerprint density at radius 1 is 1.10 bits per heavy atom. The minimum atomic E-state index is -0.924. The molecule has 1 nitrogen and oxygen atoms in total. The maximum Gasteiger partial charge on any atom is 0.160 e. The van der Waals surface area contributed by atoms with E-state index in [0.717, 1.165) is 29.8 Å². The van der Waals surface area contributed by atoms with Crippen LogP contribution in [0.2, 0.25) is 5.02 Å². The van der Waals surface area contributed by atoms with Crippen LogP contribution in [0.3, 0.4) is 0 Å². The molecule has 0 unspecified atom stereocenters. The Kier molecular flexibility index (Phi) is 3.96. The Morgan fingerprint density at radius 2 is 1.81 bits per heavy atom. The van der Waals surface area contributed by atoms with Gasteiger partial charge in [0.05, 0.1) is 5.02 Å². The maximum absolute atomic E-state index is 13.4. The molecule has 0 aromatic heterocycles. The summed E-state index contributed by atoms with van der Waals surface area (Å²) in [5, 5.41) is 3.67. The van der Waals surface area contributed by atoms with Crippen LogP contribution in [-0.4, -0.2) is 6.04 Å². The van der Waals surface area contributed by atoms with Crippen molar-refractivity contribution in [1.29, 1.82) is 0 Å². The monoisotopic (exact) mass is 307 g/mol. The summed E-state index contributed by atoms with van der Waals surface area (Å²) < 4.78 is 26.6. The second kappa shape index (κ2) is 5.74. The highest BCUT2D eigenvalue weighted by Crippen LogP contribution is 2.32. The summed E-state index contributed by atoms with van der Waals surface area (Å²) in [4.78, 5) is 0. The first-order valence-corrected chi connectivity index (χ1v) is 7.40. The van der Waals surface area contributed by atoms with Crippen molar-refractivity contribution in [3.63, 3.8) is 0 Å². The van der Waals surface area contributed by atoms with Crippen molar-refractivity contribution in [3.8, 4) is 11.1 Å². The molecule has 0 aliphatic heterocycles. The van der Waals surface area contributed by atoms with Gasteiger partial charge in [-0.25, -0.2) is 8.78 Å². The van der Waals surface area contributed by atoms with E-state index in [9.17, 15) is 8.78 Å². The van der Waals surface area contributed by atoms with Crippen molar-refractivity contribution < 1.29 is 8.78 Å². The van der Waals surface area contributed by atoms with Gasteiger partial charge in [0.25, 0.3) is 0 Å². The van der Waals surface area contributed by atoms with Crippen LogP contribution in [0.25, 0.3) is 11.1 Å². The molecule has 110 valence electrons. The third-order valence-corrected chi connectivity index (χ3v) is 4.08. The third-order valence-electron chi connectivity index (χ3n) is 3.76. The molecule has 0 radical (unpaired) electrons. The predicted octanol–water partition coefficient (Wildman–Crippen LogP) is 4.85. The van der Waals surface area contributed by atoms with Gasteiger partial charge in [0.15, 0.2) is 11.6 Å². The van der Waals surface area contributed by atoms with Crippen molar-refractivity contribution in [2.45, 2.75) is 32.4 Å². The fourth-order valence-electron chi connectivity index (χ4n) is 2.42. The van der Waals surface area contributed by atoms with Gasteiger partial charge in [-0.2, -0.15) is 0 Å². The highest BCUT2D eigenvalue weighted by atomic mass is 35.5. The van der Waals surface area contributed by atoms with Gasteiger partial charge in [0.1, 0.15) is 0 Å². The highest BCUT2D eigenvalue weighted by molar-refractivity contribution is 6.33. The molecule has 1 saturated carbocycles. The Hall–Kier alpha value is -1.45.